The number of rotatable bonds is 2. The first kappa shape index (κ1) is 13.5. The smallest absolute Gasteiger partial charge is 0.258 e. The van der Waals surface area contributed by atoms with E-state index in [0.717, 1.165) is 0 Å². The fraction of sp³-hybridized carbons (Fsp3) is 0. The van der Waals surface area contributed by atoms with E-state index in [9.17, 15) is 4.39 Å². The first-order chi connectivity index (χ1) is 10.2. The maximum Gasteiger partial charge on any atom is 0.258 e. The van der Waals surface area contributed by atoms with Gasteiger partial charge < -0.3 is 4.52 Å². The summed E-state index contributed by atoms with van der Waals surface area (Å²) in [7, 11) is 0. The van der Waals surface area contributed by atoms with Crippen molar-refractivity contribution in [3.05, 3.63) is 58.3 Å². The number of nitrogens with zero attached hydrogens (tertiary/aromatic N) is 3. The van der Waals surface area contributed by atoms with Crippen molar-refractivity contribution >= 4 is 15.9 Å². The number of nitriles is 1. The van der Waals surface area contributed by atoms with E-state index in [1.54, 1.807) is 30.3 Å². The third-order valence-electron chi connectivity index (χ3n) is 2.81. The first-order valence-electron chi connectivity index (χ1n) is 5.96. The number of hydrogen-bond acceptors (Lipinski definition) is 4. The number of aromatic nitrogens is 2. The molecule has 0 saturated heterocycles. The summed E-state index contributed by atoms with van der Waals surface area (Å²) in [5.74, 6) is 0.230. The normalized spacial score (nSPS) is 10.3. The van der Waals surface area contributed by atoms with Crippen molar-refractivity contribution in [3.8, 4) is 28.9 Å². The van der Waals surface area contributed by atoms with Crippen LogP contribution in [0, 0.1) is 17.1 Å². The SMILES string of the molecule is N#Cc1ccc(-c2nc(-c3cc(F)cc(Br)c3)no2)cc1. The molecule has 4 nitrogen and oxygen atoms in total. The van der Waals surface area contributed by atoms with Gasteiger partial charge in [0.25, 0.3) is 5.89 Å². The minimum absolute atomic E-state index is 0.301. The van der Waals surface area contributed by atoms with Gasteiger partial charge in [0.2, 0.25) is 5.82 Å². The third-order valence-corrected chi connectivity index (χ3v) is 3.27. The van der Waals surface area contributed by atoms with Crippen molar-refractivity contribution in [1.29, 1.82) is 5.26 Å². The second-order valence-electron chi connectivity index (χ2n) is 4.27. The molecule has 102 valence electrons. The zero-order valence-corrected chi connectivity index (χ0v) is 12.1. The van der Waals surface area contributed by atoms with Gasteiger partial charge in [-0.15, -0.1) is 0 Å². The first-order valence-corrected chi connectivity index (χ1v) is 6.76. The van der Waals surface area contributed by atoms with Crippen LogP contribution in [0.15, 0.2) is 51.5 Å². The Morgan fingerprint density at radius 2 is 1.86 bits per heavy atom. The van der Waals surface area contributed by atoms with Crippen LogP contribution in [-0.2, 0) is 0 Å². The van der Waals surface area contributed by atoms with Gasteiger partial charge in [0.05, 0.1) is 11.6 Å². The molecule has 0 bridgehead atoms. The summed E-state index contributed by atoms with van der Waals surface area (Å²) in [4.78, 5) is 4.24. The Labute approximate surface area is 128 Å². The van der Waals surface area contributed by atoms with Gasteiger partial charge in [-0.2, -0.15) is 10.2 Å². The Morgan fingerprint density at radius 1 is 1.10 bits per heavy atom. The van der Waals surface area contributed by atoms with Crippen molar-refractivity contribution < 1.29 is 8.91 Å². The molecule has 0 spiro atoms. The molecule has 0 atom stereocenters. The monoisotopic (exact) mass is 343 g/mol. The summed E-state index contributed by atoms with van der Waals surface area (Å²) >= 11 is 3.22. The van der Waals surface area contributed by atoms with Crippen LogP contribution in [0.4, 0.5) is 4.39 Å². The molecule has 0 saturated carbocycles. The Morgan fingerprint density at radius 3 is 2.52 bits per heavy atom. The molecule has 6 heteroatoms. The van der Waals surface area contributed by atoms with Gasteiger partial charge in [-0.3, -0.25) is 0 Å². The van der Waals surface area contributed by atoms with Crippen molar-refractivity contribution in [3.63, 3.8) is 0 Å². The van der Waals surface area contributed by atoms with Crippen LogP contribution in [-0.4, -0.2) is 10.1 Å². The molecule has 0 amide bonds. The van der Waals surface area contributed by atoms with Crippen molar-refractivity contribution in [1.82, 2.24) is 10.1 Å². The summed E-state index contributed by atoms with van der Waals surface area (Å²) in [5, 5.41) is 12.6. The molecule has 0 radical (unpaired) electrons. The summed E-state index contributed by atoms with van der Waals surface area (Å²) in [5.41, 5.74) is 1.77. The molecular weight excluding hydrogens is 337 g/mol. The quantitative estimate of drug-likeness (QED) is 0.700. The van der Waals surface area contributed by atoms with Crippen molar-refractivity contribution in [2.24, 2.45) is 0 Å². The number of hydrogen-bond donors (Lipinski definition) is 0. The molecule has 0 unspecified atom stereocenters. The van der Waals surface area contributed by atoms with Crippen LogP contribution in [0.2, 0.25) is 0 Å². The van der Waals surface area contributed by atoms with E-state index in [1.165, 1.54) is 12.1 Å². The lowest BCUT2D eigenvalue weighted by atomic mass is 10.1. The predicted octanol–water partition coefficient (Wildman–Crippen LogP) is 4.18. The van der Waals surface area contributed by atoms with Crippen molar-refractivity contribution in [2.75, 3.05) is 0 Å². The van der Waals surface area contributed by atoms with E-state index in [1.807, 2.05) is 6.07 Å². The highest BCUT2D eigenvalue weighted by Gasteiger charge is 2.12. The van der Waals surface area contributed by atoms with Gasteiger partial charge in [0, 0.05) is 15.6 Å². The van der Waals surface area contributed by atoms with Gasteiger partial charge in [-0.25, -0.2) is 4.39 Å². The summed E-state index contributed by atoms with van der Waals surface area (Å²) < 4.78 is 19.2. The van der Waals surface area contributed by atoms with E-state index in [0.29, 0.717) is 32.9 Å². The third kappa shape index (κ3) is 2.83. The molecule has 0 aliphatic rings. The van der Waals surface area contributed by atoms with E-state index < -0.39 is 0 Å². The summed E-state index contributed by atoms with van der Waals surface area (Å²) in [6.45, 7) is 0. The summed E-state index contributed by atoms with van der Waals surface area (Å²) in [6.07, 6.45) is 0. The van der Waals surface area contributed by atoms with E-state index in [4.69, 9.17) is 9.78 Å². The standard InChI is InChI=1S/C15H7BrFN3O/c16-12-5-11(6-13(17)7-12)14-19-15(21-20-14)10-3-1-9(8-18)2-4-10/h1-7H. The molecule has 0 fully saturated rings. The van der Waals surface area contributed by atoms with Crippen LogP contribution in [0.5, 0.6) is 0 Å². The maximum atomic E-state index is 13.4. The maximum absolute atomic E-state index is 13.4. The molecule has 1 heterocycles. The zero-order valence-electron chi connectivity index (χ0n) is 10.5. The van der Waals surface area contributed by atoms with Crippen molar-refractivity contribution in [2.45, 2.75) is 0 Å². The Hall–Kier alpha value is -2.52. The van der Waals surface area contributed by atoms with Crippen LogP contribution in [0.1, 0.15) is 5.56 Å². The highest BCUT2D eigenvalue weighted by molar-refractivity contribution is 9.10. The fourth-order valence-corrected chi connectivity index (χ4v) is 2.29. The molecule has 0 N–H and O–H groups in total. The van der Waals surface area contributed by atoms with Gasteiger partial charge >= 0.3 is 0 Å². The lowest BCUT2D eigenvalue weighted by Crippen LogP contribution is -1.84. The van der Waals surface area contributed by atoms with Gasteiger partial charge in [0.15, 0.2) is 0 Å². The minimum atomic E-state index is -0.385. The number of benzene rings is 2. The minimum Gasteiger partial charge on any atom is -0.334 e. The largest absolute Gasteiger partial charge is 0.334 e. The fourth-order valence-electron chi connectivity index (χ4n) is 1.83. The molecule has 2 aromatic carbocycles. The second-order valence-corrected chi connectivity index (χ2v) is 5.19. The van der Waals surface area contributed by atoms with E-state index in [2.05, 4.69) is 26.1 Å². The lowest BCUT2D eigenvalue weighted by Gasteiger charge is -1.96. The van der Waals surface area contributed by atoms with Gasteiger partial charge in [-0.05, 0) is 42.5 Å². The molecule has 21 heavy (non-hydrogen) atoms. The highest BCUT2D eigenvalue weighted by Crippen LogP contribution is 2.25. The molecule has 3 aromatic rings. The summed E-state index contributed by atoms with van der Waals surface area (Å²) in [6, 6.07) is 13.2. The van der Waals surface area contributed by atoms with E-state index >= 15 is 0 Å². The Kier molecular flexibility index (Phi) is 3.50. The molecule has 0 aliphatic carbocycles. The van der Waals surface area contributed by atoms with E-state index in [-0.39, 0.29) is 5.82 Å². The molecule has 1 aromatic heterocycles. The van der Waals surface area contributed by atoms with Crippen LogP contribution in [0.3, 0.4) is 0 Å². The average Bonchev–Trinajstić information content (AvgIpc) is 2.96. The molecule has 0 aliphatic heterocycles. The molecular formula is C15H7BrFN3O. The molecule has 3 rings (SSSR count). The Bertz CT molecular complexity index is 817. The Balaban J connectivity index is 1.97. The van der Waals surface area contributed by atoms with Crippen LogP contribution < -0.4 is 0 Å². The van der Waals surface area contributed by atoms with Crippen LogP contribution >= 0.6 is 15.9 Å². The highest BCUT2D eigenvalue weighted by atomic mass is 79.9. The van der Waals surface area contributed by atoms with Gasteiger partial charge in [0.1, 0.15) is 5.82 Å². The number of halogens is 2. The predicted molar refractivity (Wildman–Crippen MR) is 77.5 cm³/mol. The van der Waals surface area contributed by atoms with Gasteiger partial charge in [-0.1, -0.05) is 21.1 Å². The zero-order chi connectivity index (χ0) is 14.8. The topological polar surface area (TPSA) is 62.7 Å². The second kappa shape index (κ2) is 5.46. The lowest BCUT2D eigenvalue weighted by molar-refractivity contribution is 0.432. The van der Waals surface area contributed by atoms with Crippen LogP contribution in [0.25, 0.3) is 22.8 Å². The average molecular weight is 344 g/mol.